The smallest absolute Gasteiger partial charge is 0.308 e. The number of esters is 1. The zero-order valence-corrected chi connectivity index (χ0v) is 15.1. The fourth-order valence-electron chi connectivity index (χ4n) is 1.56. The van der Waals surface area contributed by atoms with Crippen LogP contribution in [0.2, 0.25) is 0 Å². The summed E-state index contributed by atoms with van der Waals surface area (Å²) >= 11 is 0. The highest BCUT2D eigenvalue weighted by Crippen LogP contribution is 1.94. The van der Waals surface area contributed by atoms with Gasteiger partial charge in [0.25, 0.3) is 0 Å². The number of nitrogens with zero attached hydrogens (tertiary/aromatic N) is 3. The molecule has 7 heteroatoms. The molecule has 0 spiro atoms. The van der Waals surface area contributed by atoms with Crippen LogP contribution in [-0.2, 0) is 19.0 Å². The van der Waals surface area contributed by atoms with Gasteiger partial charge in [-0.25, -0.2) is 0 Å². The number of unbranched alkanes of at least 4 members (excludes halogenated alkanes) is 1. The van der Waals surface area contributed by atoms with E-state index in [2.05, 4.69) is 6.92 Å². The van der Waals surface area contributed by atoms with Crippen molar-refractivity contribution in [3.63, 3.8) is 0 Å². The van der Waals surface area contributed by atoms with Crippen LogP contribution in [0.1, 0.15) is 26.2 Å². The molecule has 0 aliphatic carbocycles. The summed E-state index contributed by atoms with van der Waals surface area (Å²) in [5.74, 6) is -0.305. The monoisotopic (exact) mass is 349 g/mol. The summed E-state index contributed by atoms with van der Waals surface area (Å²) in [5.41, 5.74) is 0.0341. The molecular formula is C18H27N3O4. The van der Waals surface area contributed by atoms with Crippen LogP contribution in [0.15, 0.2) is 23.9 Å². The van der Waals surface area contributed by atoms with Gasteiger partial charge in [-0.1, -0.05) is 13.3 Å². The van der Waals surface area contributed by atoms with Gasteiger partial charge < -0.3 is 19.1 Å². The largest absolute Gasteiger partial charge is 0.464 e. The fraction of sp³-hybridized carbons (Fsp3) is 0.611. The maximum absolute atomic E-state index is 11.5. The number of hydrogen-bond donors (Lipinski definition) is 0. The summed E-state index contributed by atoms with van der Waals surface area (Å²) in [6.45, 7) is 4.96. The molecule has 0 saturated heterocycles. The van der Waals surface area contributed by atoms with Crippen LogP contribution in [0.5, 0.6) is 0 Å². The molecule has 0 unspecified atom stereocenters. The Morgan fingerprint density at radius 2 is 1.76 bits per heavy atom. The van der Waals surface area contributed by atoms with Crippen molar-refractivity contribution in [2.24, 2.45) is 0 Å². The zero-order chi connectivity index (χ0) is 18.8. The minimum Gasteiger partial charge on any atom is -0.464 e. The number of allylic oxidation sites excluding steroid dienone is 3. The first kappa shape index (κ1) is 22.6. The second-order valence-electron chi connectivity index (χ2n) is 5.17. The maximum Gasteiger partial charge on any atom is 0.308 e. The summed E-state index contributed by atoms with van der Waals surface area (Å²) in [4.78, 5) is 13.3. The predicted octanol–water partition coefficient (Wildman–Crippen LogP) is 2.17. The minimum absolute atomic E-state index is 0.0341. The minimum atomic E-state index is -0.305. The van der Waals surface area contributed by atoms with Crippen LogP contribution >= 0.6 is 0 Å². The van der Waals surface area contributed by atoms with Crippen molar-refractivity contribution in [3.8, 4) is 12.1 Å². The lowest BCUT2D eigenvalue weighted by molar-refractivity contribution is -0.145. The van der Waals surface area contributed by atoms with E-state index in [-0.39, 0.29) is 24.6 Å². The molecule has 0 amide bonds. The Labute approximate surface area is 150 Å². The summed E-state index contributed by atoms with van der Waals surface area (Å²) < 4.78 is 15.7. The zero-order valence-electron chi connectivity index (χ0n) is 15.1. The molecule has 0 aliphatic heterocycles. The number of rotatable bonds is 14. The average molecular weight is 349 g/mol. The van der Waals surface area contributed by atoms with Crippen LogP contribution in [0.3, 0.4) is 0 Å². The molecule has 0 bridgehead atoms. The van der Waals surface area contributed by atoms with Crippen molar-refractivity contribution in [3.05, 3.63) is 23.9 Å². The van der Waals surface area contributed by atoms with Gasteiger partial charge in [0.15, 0.2) is 0 Å². The lowest BCUT2D eigenvalue weighted by atomic mass is 10.3. The standard InChI is InChI=1S/C18H27N3O4/c1-3-4-10-23-13-14-24-11-7-18(22)25-12-9-21(2)8-5-6-17(15-19)16-20/h5-6,8H,3-4,7,9-14H2,1-2H3/b8-5+. The Bertz CT molecular complexity index is 487. The first-order valence-electron chi connectivity index (χ1n) is 8.34. The van der Waals surface area contributed by atoms with Gasteiger partial charge in [0, 0.05) is 13.7 Å². The van der Waals surface area contributed by atoms with Gasteiger partial charge >= 0.3 is 5.97 Å². The highest BCUT2D eigenvalue weighted by Gasteiger charge is 2.03. The first-order chi connectivity index (χ1) is 12.1. The molecule has 0 heterocycles. The van der Waals surface area contributed by atoms with E-state index >= 15 is 0 Å². The SMILES string of the molecule is CCCCOCCOCCC(=O)OCCN(C)/C=C/C=C(C#N)C#N. The van der Waals surface area contributed by atoms with Gasteiger partial charge in [0.2, 0.25) is 0 Å². The van der Waals surface area contributed by atoms with E-state index in [0.717, 1.165) is 19.4 Å². The topological polar surface area (TPSA) is 95.6 Å². The van der Waals surface area contributed by atoms with E-state index in [4.69, 9.17) is 24.7 Å². The molecule has 0 aliphatic rings. The summed E-state index contributed by atoms with van der Waals surface area (Å²) in [6.07, 6.45) is 7.08. The predicted molar refractivity (Wildman–Crippen MR) is 93.2 cm³/mol. The molecule has 25 heavy (non-hydrogen) atoms. The van der Waals surface area contributed by atoms with E-state index in [1.165, 1.54) is 6.08 Å². The number of likely N-dealkylation sites (N-methyl/N-ethyl adjacent to an activating group) is 1. The summed E-state index contributed by atoms with van der Waals surface area (Å²) in [7, 11) is 1.80. The summed E-state index contributed by atoms with van der Waals surface area (Å²) in [6, 6.07) is 3.53. The van der Waals surface area contributed by atoms with Crippen molar-refractivity contribution in [2.75, 3.05) is 46.6 Å². The third-order valence-corrected chi connectivity index (χ3v) is 3.02. The van der Waals surface area contributed by atoms with Crippen LogP contribution in [-0.4, -0.2) is 57.5 Å². The Morgan fingerprint density at radius 3 is 2.40 bits per heavy atom. The first-order valence-corrected chi connectivity index (χ1v) is 8.34. The number of nitriles is 2. The molecule has 0 saturated carbocycles. The molecular weight excluding hydrogens is 322 g/mol. The van der Waals surface area contributed by atoms with Gasteiger partial charge in [0.05, 0.1) is 32.8 Å². The normalized spacial score (nSPS) is 10.1. The third-order valence-electron chi connectivity index (χ3n) is 3.02. The maximum atomic E-state index is 11.5. The molecule has 0 aromatic heterocycles. The van der Waals surface area contributed by atoms with E-state index in [1.807, 2.05) is 0 Å². The van der Waals surface area contributed by atoms with Crippen molar-refractivity contribution in [1.82, 2.24) is 4.90 Å². The van der Waals surface area contributed by atoms with E-state index in [1.54, 1.807) is 36.4 Å². The second-order valence-corrected chi connectivity index (χ2v) is 5.17. The van der Waals surface area contributed by atoms with E-state index < -0.39 is 0 Å². The summed E-state index contributed by atoms with van der Waals surface area (Å²) in [5, 5.41) is 17.2. The van der Waals surface area contributed by atoms with Crippen molar-refractivity contribution in [2.45, 2.75) is 26.2 Å². The molecule has 0 atom stereocenters. The lowest BCUT2D eigenvalue weighted by Gasteiger charge is -2.13. The molecule has 0 radical (unpaired) electrons. The van der Waals surface area contributed by atoms with Crippen molar-refractivity contribution >= 4 is 5.97 Å². The van der Waals surface area contributed by atoms with Gasteiger partial charge in [-0.2, -0.15) is 10.5 Å². The number of ether oxygens (including phenoxy) is 3. The second kappa shape index (κ2) is 16.5. The average Bonchev–Trinajstić information content (AvgIpc) is 2.61. The Kier molecular flexibility index (Phi) is 15.0. The Balaban J connectivity index is 3.63. The van der Waals surface area contributed by atoms with Crippen molar-refractivity contribution in [1.29, 1.82) is 10.5 Å². The Morgan fingerprint density at radius 1 is 1.08 bits per heavy atom. The number of carbonyl (C=O) groups is 1. The number of hydrogen-bond acceptors (Lipinski definition) is 7. The lowest BCUT2D eigenvalue weighted by Crippen LogP contribution is -2.20. The molecule has 0 N–H and O–H groups in total. The van der Waals surface area contributed by atoms with Crippen LogP contribution in [0, 0.1) is 22.7 Å². The highest BCUT2D eigenvalue weighted by molar-refractivity contribution is 5.69. The van der Waals surface area contributed by atoms with Gasteiger partial charge in [-0.05, 0) is 24.8 Å². The van der Waals surface area contributed by atoms with Gasteiger partial charge in [0.1, 0.15) is 24.3 Å². The van der Waals surface area contributed by atoms with E-state index in [0.29, 0.717) is 26.4 Å². The van der Waals surface area contributed by atoms with E-state index in [9.17, 15) is 4.79 Å². The van der Waals surface area contributed by atoms with Crippen LogP contribution in [0.25, 0.3) is 0 Å². The quantitative estimate of drug-likeness (QED) is 0.205. The highest BCUT2D eigenvalue weighted by atomic mass is 16.5. The molecule has 138 valence electrons. The molecule has 0 aromatic carbocycles. The van der Waals surface area contributed by atoms with Crippen LogP contribution < -0.4 is 0 Å². The van der Waals surface area contributed by atoms with Crippen molar-refractivity contribution < 1.29 is 19.0 Å². The molecule has 0 fully saturated rings. The number of carbonyl (C=O) groups excluding carboxylic acids is 1. The fourth-order valence-corrected chi connectivity index (χ4v) is 1.56. The Hall–Kier alpha value is -2.35. The third kappa shape index (κ3) is 14.9. The molecule has 0 rings (SSSR count). The van der Waals surface area contributed by atoms with Gasteiger partial charge in [-0.15, -0.1) is 0 Å². The van der Waals surface area contributed by atoms with Crippen LogP contribution in [0.4, 0.5) is 0 Å². The molecule has 7 nitrogen and oxygen atoms in total. The van der Waals surface area contributed by atoms with Gasteiger partial charge in [-0.3, -0.25) is 4.79 Å². The molecule has 0 aromatic rings.